The lowest BCUT2D eigenvalue weighted by Crippen LogP contribution is -2.70. The summed E-state index contributed by atoms with van der Waals surface area (Å²) in [5.74, 6) is -2.81. The molecule has 4 aliphatic heterocycles. The maximum absolute atomic E-state index is 13.5. The van der Waals surface area contributed by atoms with E-state index < -0.39 is 47.0 Å². The second-order valence-corrected chi connectivity index (χ2v) is 12.9. The van der Waals surface area contributed by atoms with Gasteiger partial charge in [-0.05, 0) is 18.9 Å². The minimum Gasteiger partial charge on any atom is -0.449 e. The first kappa shape index (κ1) is 33.5. The lowest BCUT2D eigenvalue weighted by atomic mass is 10.0. The fourth-order valence-corrected chi connectivity index (χ4v) is 7.55. The van der Waals surface area contributed by atoms with Crippen LogP contribution in [0.5, 0.6) is 0 Å². The predicted molar refractivity (Wildman–Crippen MR) is 165 cm³/mol. The first-order chi connectivity index (χ1) is 23.5. The molecule has 0 aromatic carbocycles. The molecule has 5 N–H and O–H groups in total. The van der Waals surface area contributed by atoms with E-state index in [1.165, 1.54) is 22.7 Å². The van der Waals surface area contributed by atoms with E-state index in [9.17, 15) is 39.1 Å². The van der Waals surface area contributed by atoms with Crippen LogP contribution < -0.4 is 16.9 Å². The van der Waals surface area contributed by atoms with Crippen LogP contribution in [0, 0.1) is 0 Å². The van der Waals surface area contributed by atoms with Crippen molar-refractivity contribution >= 4 is 64.1 Å². The molecule has 0 spiro atoms. The Kier molecular flexibility index (Phi) is 9.32. The van der Waals surface area contributed by atoms with Crippen molar-refractivity contribution < 1.29 is 52.6 Å². The number of anilines is 1. The molecule has 4 amide bonds. The number of β-lactam (4-membered cyclic amide) rings is 1. The number of nitrogen functional groups attached to an aromatic ring is 1. The molecule has 49 heavy (non-hydrogen) atoms. The van der Waals surface area contributed by atoms with Crippen LogP contribution in [0.2, 0.25) is 0 Å². The Balaban J connectivity index is 1.10. The number of nitrogens with one attached hydrogen (secondary N) is 1. The third kappa shape index (κ3) is 6.55. The monoisotopic (exact) mass is 720 g/mol. The number of carbonyl (C=O) groups is 5. The average Bonchev–Trinajstić information content (AvgIpc) is 3.87. The molecule has 4 aliphatic rings. The average molecular weight is 721 g/mol. The Hall–Kier alpha value is -5.38. The minimum absolute atomic E-state index is 0.0276. The number of hydrogen-bond donors (Lipinski definition) is 4. The van der Waals surface area contributed by atoms with Crippen LogP contribution in [0.25, 0.3) is 0 Å². The molecule has 2 aromatic rings. The number of carbonyl (C=O) groups excluding carboxylic acids is 4. The third-order valence-electron chi connectivity index (χ3n) is 8.13. The van der Waals surface area contributed by atoms with Gasteiger partial charge >= 0.3 is 18.1 Å². The van der Waals surface area contributed by atoms with Gasteiger partial charge < -0.3 is 49.5 Å². The summed E-state index contributed by atoms with van der Waals surface area (Å²) in [5.41, 5.74) is 5.61. The van der Waals surface area contributed by atoms with Gasteiger partial charge in [0.25, 0.3) is 11.8 Å². The van der Waals surface area contributed by atoms with E-state index in [-0.39, 0.29) is 59.0 Å². The number of rotatable bonds is 9. The molecule has 260 valence electrons. The van der Waals surface area contributed by atoms with Gasteiger partial charge in [0.15, 0.2) is 23.3 Å². The number of ether oxygens (including phenoxy) is 2. The highest BCUT2D eigenvalue weighted by atomic mass is 32.2. The fourth-order valence-electron chi connectivity index (χ4n) is 5.83. The van der Waals surface area contributed by atoms with Gasteiger partial charge in [-0.25, -0.2) is 14.4 Å². The van der Waals surface area contributed by atoms with Gasteiger partial charge in [0.05, 0.1) is 6.04 Å². The van der Waals surface area contributed by atoms with Crippen LogP contribution in [0.15, 0.2) is 41.9 Å². The summed E-state index contributed by atoms with van der Waals surface area (Å²) in [5, 5.41) is 23.4. The largest absolute Gasteiger partial charge is 0.519 e. The number of carboxylic acid groups (broad SMARTS) is 1. The van der Waals surface area contributed by atoms with Crippen LogP contribution >= 0.6 is 23.3 Å². The Morgan fingerprint density at radius 2 is 1.98 bits per heavy atom. The van der Waals surface area contributed by atoms with Crippen LogP contribution in [0.3, 0.4) is 0 Å². The Bertz CT molecular complexity index is 1860. The summed E-state index contributed by atoms with van der Waals surface area (Å²) in [6.07, 6.45) is 0.382. The first-order valence-electron chi connectivity index (χ1n) is 14.7. The number of oxime groups is 1. The number of thioether (sulfide) groups is 1. The summed E-state index contributed by atoms with van der Waals surface area (Å²) < 4.78 is 24.0. The van der Waals surface area contributed by atoms with Crippen molar-refractivity contribution in [1.29, 1.82) is 0 Å². The molecule has 0 aliphatic carbocycles. The fraction of sp³-hybridized carbons (Fsp3) is 0.444. The summed E-state index contributed by atoms with van der Waals surface area (Å²) >= 11 is 1.97. The molecule has 6 rings (SSSR count). The second kappa shape index (κ2) is 13.6. The Morgan fingerprint density at radius 3 is 2.67 bits per heavy atom. The molecule has 0 radical (unpaired) electrons. The number of aryl methyl sites for hydroxylation is 1. The van der Waals surface area contributed by atoms with E-state index in [4.69, 9.17) is 24.0 Å². The molecule has 3 fully saturated rings. The maximum atomic E-state index is 13.5. The predicted octanol–water partition coefficient (Wildman–Crippen LogP) is 0.283. The van der Waals surface area contributed by atoms with E-state index in [2.05, 4.69) is 19.8 Å². The van der Waals surface area contributed by atoms with Crippen molar-refractivity contribution in [2.24, 2.45) is 5.16 Å². The summed E-state index contributed by atoms with van der Waals surface area (Å²) in [4.78, 5) is 83.0. The van der Waals surface area contributed by atoms with Gasteiger partial charge in [0, 0.05) is 54.5 Å². The van der Waals surface area contributed by atoms with Crippen molar-refractivity contribution in [3.63, 3.8) is 0 Å². The number of allylic oxidation sites excluding steroid dienone is 1. The van der Waals surface area contributed by atoms with Crippen molar-refractivity contribution in [3.05, 3.63) is 51.1 Å². The number of nitrogens with two attached hydrogens (primary N) is 1. The van der Waals surface area contributed by atoms with Crippen molar-refractivity contribution in [2.75, 3.05) is 31.1 Å². The zero-order valence-electron chi connectivity index (χ0n) is 25.5. The molecule has 3 atom stereocenters. The Morgan fingerprint density at radius 1 is 1.20 bits per heavy atom. The molecule has 0 bridgehead atoms. The number of likely N-dealkylation sites (tertiary alicyclic amines) is 2. The molecular formula is C27H28N8O12S2. The van der Waals surface area contributed by atoms with E-state index in [1.54, 1.807) is 11.8 Å². The lowest BCUT2D eigenvalue weighted by Gasteiger charge is -2.48. The Labute approximate surface area is 283 Å². The van der Waals surface area contributed by atoms with Gasteiger partial charge in [-0.15, -0.1) is 11.8 Å². The number of nitrogens with zero attached hydrogens (tertiary/aromatic N) is 6. The van der Waals surface area contributed by atoms with Gasteiger partial charge in [-0.3, -0.25) is 19.3 Å². The topological polar surface area (TPSA) is 274 Å². The number of amides is 4. The van der Waals surface area contributed by atoms with Gasteiger partial charge in [0.1, 0.15) is 11.4 Å². The summed E-state index contributed by atoms with van der Waals surface area (Å²) in [6, 6.07) is -1.43. The van der Waals surface area contributed by atoms with E-state index in [0.29, 0.717) is 43.7 Å². The summed E-state index contributed by atoms with van der Waals surface area (Å²) in [6.45, 7) is 2.38. The van der Waals surface area contributed by atoms with Gasteiger partial charge in [-0.1, -0.05) is 12.1 Å². The van der Waals surface area contributed by atoms with Crippen molar-refractivity contribution in [1.82, 2.24) is 29.4 Å². The van der Waals surface area contributed by atoms with Crippen molar-refractivity contribution in [3.8, 4) is 0 Å². The van der Waals surface area contributed by atoms with Gasteiger partial charge in [-0.2, -0.15) is 9.36 Å². The molecule has 3 saturated heterocycles. The molecular weight excluding hydrogens is 692 g/mol. The second-order valence-electron chi connectivity index (χ2n) is 11.0. The smallest absolute Gasteiger partial charge is 0.449 e. The number of aromatic nitrogens is 2. The van der Waals surface area contributed by atoms with Crippen LogP contribution in [0.1, 0.15) is 37.1 Å². The summed E-state index contributed by atoms with van der Waals surface area (Å²) in [7, 11) is 0. The van der Waals surface area contributed by atoms with Gasteiger partial charge in [0.2, 0.25) is 23.3 Å². The highest BCUT2D eigenvalue weighted by molar-refractivity contribution is 8.00. The van der Waals surface area contributed by atoms with E-state index >= 15 is 0 Å². The first-order valence-corrected chi connectivity index (χ1v) is 16.6. The van der Waals surface area contributed by atoms with E-state index in [1.807, 2.05) is 0 Å². The molecule has 0 saturated carbocycles. The molecule has 2 aromatic heterocycles. The minimum atomic E-state index is -1.68. The molecule has 22 heteroatoms. The molecule has 20 nitrogen and oxygen atoms in total. The molecule has 6 heterocycles. The lowest BCUT2D eigenvalue weighted by molar-refractivity contribution is -0.148. The SMILES string of the molecule is CCc1oc(=O)oc1COC(=O)N1CC[C@@H](N2CC/C(=C\C3=C(OC(=O)O)N4C(=O)[C@@H](NC(=O)/C(=N\O)c5nsc(N)n5)[C@H]4SC3)C2=O)C1. The normalized spacial score (nSPS) is 23.2. The quantitative estimate of drug-likeness (QED) is 0.0676. The highest BCUT2D eigenvalue weighted by Gasteiger charge is 2.54. The standard InChI is InChI=1S/C27H28N8O12S2/c1-2-14-15(46-27(42)45-14)9-44-25(39)33-5-4-13(8-33)34-6-3-11(20(34)37)7-12-10-48-23-17(21(38)35(23)22(12)47-26(40)41)29-19(36)16(31-43)18-30-24(28)49-32-18/h7,13,17,23,43H,2-6,8-10H2,1H3,(H,29,36)(H,40,41)(H2,28,30,32)/b11-7+,31-16-/t13-,17-,23-/m1/s1. The van der Waals surface area contributed by atoms with Crippen LogP contribution in [0.4, 0.5) is 14.7 Å². The maximum Gasteiger partial charge on any atom is 0.519 e. The zero-order valence-corrected chi connectivity index (χ0v) is 27.2. The van der Waals surface area contributed by atoms with E-state index in [0.717, 1.165) is 16.4 Å². The highest BCUT2D eigenvalue weighted by Crippen LogP contribution is 2.42. The van der Waals surface area contributed by atoms with Crippen LogP contribution in [-0.4, -0.2) is 113 Å². The number of fused-ring (bicyclic) bond motifs is 1. The van der Waals surface area contributed by atoms with Crippen LogP contribution in [-0.2, 0) is 36.9 Å². The zero-order chi connectivity index (χ0) is 35.0. The van der Waals surface area contributed by atoms with Crippen molar-refractivity contribution in [2.45, 2.75) is 50.3 Å². The molecule has 0 unspecified atom stereocenters. The third-order valence-corrected chi connectivity index (χ3v) is 9.97. The number of hydrogen-bond acceptors (Lipinski definition) is 17.